The molecule has 6 heteroatoms. The van der Waals surface area contributed by atoms with Gasteiger partial charge in [-0.25, -0.2) is 0 Å². The van der Waals surface area contributed by atoms with E-state index in [1.165, 1.54) is 7.11 Å². The van der Waals surface area contributed by atoms with Crippen LogP contribution in [0.25, 0.3) is 0 Å². The van der Waals surface area contributed by atoms with Crippen LogP contribution in [-0.2, 0) is 19.1 Å². The van der Waals surface area contributed by atoms with E-state index in [2.05, 4.69) is 5.32 Å². The van der Waals surface area contributed by atoms with Crippen LogP contribution < -0.4 is 11.1 Å². The molecule has 3 atom stereocenters. The average molecular weight is 258 g/mol. The molecule has 0 saturated carbocycles. The number of carbonyl (C=O) groups excluding carboxylic acids is 2. The van der Waals surface area contributed by atoms with Gasteiger partial charge in [0.05, 0.1) is 13.0 Å². The fourth-order valence-electron chi connectivity index (χ4n) is 2.04. The molecule has 0 aromatic rings. The Labute approximate surface area is 107 Å². The first-order valence-corrected chi connectivity index (χ1v) is 6.05. The van der Waals surface area contributed by atoms with E-state index in [0.717, 1.165) is 0 Å². The van der Waals surface area contributed by atoms with Crippen molar-refractivity contribution >= 4 is 11.9 Å². The number of esters is 2. The Kier molecular flexibility index (Phi) is 4.70. The molecule has 0 spiro atoms. The number of nitrogens with one attached hydrogen (secondary N) is 1. The molecule has 18 heavy (non-hydrogen) atoms. The van der Waals surface area contributed by atoms with Gasteiger partial charge in [0.1, 0.15) is 11.6 Å². The zero-order valence-corrected chi connectivity index (χ0v) is 11.4. The number of methoxy groups -OCH3 is 1. The number of ether oxygens (including phenoxy) is 2. The Hall–Kier alpha value is -1.14. The summed E-state index contributed by atoms with van der Waals surface area (Å²) in [6.45, 7) is 5.69. The molecule has 6 nitrogen and oxygen atoms in total. The standard InChI is InChI=1S/C12H22N2O4/c1-12(2,3)18-11(16)8-5-7(10(15)17-4)9(6-13)14-8/h7-9,14H,5-6,13H2,1-4H3/t7-,8-,9+/m1/s1. The number of carbonyl (C=O) groups is 2. The van der Waals surface area contributed by atoms with Gasteiger partial charge in [-0.2, -0.15) is 0 Å². The van der Waals surface area contributed by atoms with Gasteiger partial charge in [-0.1, -0.05) is 0 Å². The van der Waals surface area contributed by atoms with Crippen molar-refractivity contribution < 1.29 is 19.1 Å². The summed E-state index contributed by atoms with van der Waals surface area (Å²) < 4.78 is 9.99. The van der Waals surface area contributed by atoms with Crippen LogP contribution in [0, 0.1) is 5.92 Å². The largest absolute Gasteiger partial charge is 0.469 e. The minimum atomic E-state index is -0.541. The summed E-state index contributed by atoms with van der Waals surface area (Å²) in [7, 11) is 1.33. The fraction of sp³-hybridized carbons (Fsp3) is 0.833. The van der Waals surface area contributed by atoms with Gasteiger partial charge in [-0.15, -0.1) is 0 Å². The Morgan fingerprint density at radius 2 is 1.94 bits per heavy atom. The maximum atomic E-state index is 11.9. The molecule has 0 aliphatic carbocycles. The van der Waals surface area contributed by atoms with Crippen molar-refractivity contribution in [3.63, 3.8) is 0 Å². The molecule has 0 aromatic heterocycles. The minimum absolute atomic E-state index is 0.241. The second-order valence-electron chi connectivity index (χ2n) is 5.46. The molecule has 0 radical (unpaired) electrons. The lowest BCUT2D eigenvalue weighted by Gasteiger charge is -2.22. The summed E-state index contributed by atoms with van der Waals surface area (Å²) in [5.74, 6) is -1.09. The Balaban J connectivity index is 2.66. The van der Waals surface area contributed by atoms with Crippen LogP contribution >= 0.6 is 0 Å². The van der Waals surface area contributed by atoms with Crippen LogP contribution in [0.1, 0.15) is 27.2 Å². The molecule has 0 aromatic carbocycles. The van der Waals surface area contributed by atoms with Gasteiger partial charge in [-0.05, 0) is 27.2 Å². The van der Waals surface area contributed by atoms with Crippen molar-refractivity contribution in [3.05, 3.63) is 0 Å². The second-order valence-corrected chi connectivity index (χ2v) is 5.46. The first-order valence-electron chi connectivity index (χ1n) is 6.05. The van der Waals surface area contributed by atoms with E-state index >= 15 is 0 Å². The molecule has 0 unspecified atom stereocenters. The van der Waals surface area contributed by atoms with Gasteiger partial charge in [0.2, 0.25) is 0 Å². The van der Waals surface area contributed by atoms with E-state index < -0.39 is 17.6 Å². The zero-order chi connectivity index (χ0) is 13.9. The maximum Gasteiger partial charge on any atom is 0.323 e. The van der Waals surface area contributed by atoms with E-state index in [-0.39, 0.29) is 24.5 Å². The second kappa shape index (κ2) is 5.67. The highest BCUT2D eigenvalue weighted by atomic mass is 16.6. The Morgan fingerprint density at radius 1 is 1.33 bits per heavy atom. The van der Waals surface area contributed by atoms with E-state index in [1.54, 1.807) is 20.8 Å². The van der Waals surface area contributed by atoms with Gasteiger partial charge in [-0.3, -0.25) is 14.9 Å². The normalized spacial score (nSPS) is 27.9. The van der Waals surface area contributed by atoms with E-state index in [0.29, 0.717) is 6.42 Å². The molecule has 1 saturated heterocycles. The molecular weight excluding hydrogens is 236 g/mol. The van der Waals surface area contributed by atoms with Crippen LogP contribution in [0.5, 0.6) is 0 Å². The van der Waals surface area contributed by atoms with Gasteiger partial charge in [0, 0.05) is 12.6 Å². The third-order valence-corrected chi connectivity index (χ3v) is 2.84. The van der Waals surface area contributed by atoms with Crippen molar-refractivity contribution in [3.8, 4) is 0 Å². The highest BCUT2D eigenvalue weighted by Gasteiger charge is 2.42. The summed E-state index contributed by atoms with van der Waals surface area (Å²) in [5, 5.41) is 3.03. The fourth-order valence-corrected chi connectivity index (χ4v) is 2.04. The molecule has 1 aliphatic rings. The lowest BCUT2D eigenvalue weighted by molar-refractivity contribution is -0.157. The summed E-state index contributed by atoms with van der Waals surface area (Å²) in [5.41, 5.74) is 5.04. The van der Waals surface area contributed by atoms with Crippen molar-refractivity contribution in [2.24, 2.45) is 11.7 Å². The van der Waals surface area contributed by atoms with Crippen LogP contribution in [0.15, 0.2) is 0 Å². The lowest BCUT2D eigenvalue weighted by atomic mass is 9.99. The molecule has 1 fully saturated rings. The van der Waals surface area contributed by atoms with Gasteiger partial charge in [0.25, 0.3) is 0 Å². The third-order valence-electron chi connectivity index (χ3n) is 2.84. The third kappa shape index (κ3) is 3.68. The van der Waals surface area contributed by atoms with Crippen LogP contribution in [-0.4, -0.2) is 43.3 Å². The molecule has 0 amide bonds. The predicted molar refractivity (Wildman–Crippen MR) is 65.7 cm³/mol. The lowest BCUT2D eigenvalue weighted by Crippen LogP contribution is -2.43. The van der Waals surface area contributed by atoms with Crippen molar-refractivity contribution in [2.45, 2.75) is 44.9 Å². The van der Waals surface area contributed by atoms with Crippen LogP contribution in [0.3, 0.4) is 0 Å². The number of hydrogen-bond donors (Lipinski definition) is 2. The van der Waals surface area contributed by atoms with E-state index in [4.69, 9.17) is 15.2 Å². The topological polar surface area (TPSA) is 90.7 Å². The molecule has 1 heterocycles. The van der Waals surface area contributed by atoms with Crippen molar-refractivity contribution in [1.29, 1.82) is 0 Å². The summed E-state index contributed by atoms with van der Waals surface area (Å²) in [4.78, 5) is 23.5. The molecule has 0 bridgehead atoms. The predicted octanol–water partition coefficient (Wildman–Crippen LogP) is -0.193. The molecular formula is C12H22N2O4. The van der Waals surface area contributed by atoms with E-state index in [1.807, 2.05) is 0 Å². The summed E-state index contributed by atoms with van der Waals surface area (Å²) in [6, 6.07) is -0.739. The quantitative estimate of drug-likeness (QED) is 0.682. The van der Waals surface area contributed by atoms with Crippen LogP contribution in [0.4, 0.5) is 0 Å². The Morgan fingerprint density at radius 3 is 2.39 bits per heavy atom. The van der Waals surface area contributed by atoms with E-state index in [9.17, 15) is 9.59 Å². The zero-order valence-electron chi connectivity index (χ0n) is 11.4. The minimum Gasteiger partial charge on any atom is -0.469 e. The Bertz CT molecular complexity index is 325. The van der Waals surface area contributed by atoms with Crippen LogP contribution in [0.2, 0.25) is 0 Å². The summed E-state index contributed by atoms with van der Waals surface area (Å²) >= 11 is 0. The number of nitrogens with two attached hydrogens (primary N) is 1. The smallest absolute Gasteiger partial charge is 0.323 e. The molecule has 104 valence electrons. The highest BCUT2D eigenvalue weighted by molar-refractivity contribution is 5.80. The van der Waals surface area contributed by atoms with Crippen molar-refractivity contribution in [1.82, 2.24) is 5.32 Å². The van der Waals surface area contributed by atoms with Gasteiger partial charge >= 0.3 is 11.9 Å². The summed E-state index contributed by atoms with van der Waals surface area (Å²) in [6.07, 6.45) is 0.365. The SMILES string of the molecule is COC(=O)[C@@H]1C[C@H](C(=O)OC(C)(C)C)N[C@H]1CN. The maximum absolute atomic E-state index is 11.9. The molecule has 1 aliphatic heterocycles. The van der Waals surface area contributed by atoms with Crippen molar-refractivity contribution in [2.75, 3.05) is 13.7 Å². The molecule has 1 rings (SSSR count). The first kappa shape index (κ1) is 14.9. The monoisotopic (exact) mass is 258 g/mol. The van der Waals surface area contributed by atoms with Gasteiger partial charge in [0.15, 0.2) is 0 Å². The highest BCUT2D eigenvalue weighted by Crippen LogP contribution is 2.23. The first-order chi connectivity index (χ1) is 8.28. The molecule has 3 N–H and O–H groups in total. The number of rotatable bonds is 3. The van der Waals surface area contributed by atoms with Gasteiger partial charge < -0.3 is 15.2 Å². The average Bonchev–Trinajstić information content (AvgIpc) is 2.69. The number of hydrogen-bond acceptors (Lipinski definition) is 6.